The normalized spacial score (nSPS) is 32.1. The molecule has 1 amide bonds. The first kappa shape index (κ1) is 9.52. The van der Waals surface area contributed by atoms with Crippen molar-refractivity contribution in [3.8, 4) is 0 Å². The Hall–Kier alpha value is -0.570. The lowest BCUT2D eigenvalue weighted by molar-refractivity contribution is -0.143. The molecule has 0 aliphatic carbocycles. The van der Waals surface area contributed by atoms with Crippen molar-refractivity contribution in [3.63, 3.8) is 0 Å². The summed E-state index contributed by atoms with van der Waals surface area (Å²) in [6.07, 6.45) is 5.24. The van der Waals surface area contributed by atoms with Crippen molar-refractivity contribution in [2.75, 3.05) is 6.61 Å². The number of carbonyl (C=O) groups excluding carboxylic acids is 1. The summed E-state index contributed by atoms with van der Waals surface area (Å²) in [5, 5.41) is 0. The van der Waals surface area contributed by atoms with E-state index in [0.29, 0.717) is 6.61 Å². The number of nitrogens with two attached hydrogens (primary N) is 1. The van der Waals surface area contributed by atoms with Crippen LogP contribution in [0.2, 0.25) is 0 Å². The van der Waals surface area contributed by atoms with Crippen LogP contribution in [0.15, 0.2) is 0 Å². The molecular formula is C9H17NO2. The fraction of sp³-hybridized carbons (Fsp3) is 0.889. The zero-order valence-electron chi connectivity index (χ0n) is 7.64. The predicted molar refractivity (Wildman–Crippen MR) is 46.6 cm³/mol. The lowest BCUT2D eigenvalue weighted by Crippen LogP contribution is -2.44. The van der Waals surface area contributed by atoms with Crippen LogP contribution in [0, 0.1) is 0 Å². The summed E-state index contributed by atoms with van der Waals surface area (Å²) in [5.41, 5.74) is 4.55. The van der Waals surface area contributed by atoms with Crippen molar-refractivity contribution in [1.82, 2.24) is 0 Å². The Morgan fingerprint density at radius 3 is 2.67 bits per heavy atom. The van der Waals surface area contributed by atoms with Gasteiger partial charge in [-0.25, -0.2) is 0 Å². The minimum Gasteiger partial charge on any atom is -0.367 e. The van der Waals surface area contributed by atoms with E-state index in [9.17, 15) is 4.79 Å². The number of amides is 1. The smallest absolute Gasteiger partial charge is 0.249 e. The lowest BCUT2D eigenvalue weighted by atomic mass is 9.95. The summed E-state index contributed by atoms with van der Waals surface area (Å²) >= 11 is 0. The maximum Gasteiger partial charge on any atom is 0.249 e. The molecule has 1 rings (SSSR count). The summed E-state index contributed by atoms with van der Waals surface area (Å²) in [5.74, 6) is -0.329. The Bertz CT molecular complexity index is 160. The van der Waals surface area contributed by atoms with Gasteiger partial charge in [-0.05, 0) is 19.8 Å². The van der Waals surface area contributed by atoms with E-state index in [0.717, 1.165) is 19.3 Å². The first-order valence-electron chi connectivity index (χ1n) is 4.59. The van der Waals surface area contributed by atoms with Gasteiger partial charge in [0.1, 0.15) is 5.60 Å². The molecule has 12 heavy (non-hydrogen) atoms. The number of rotatable bonds is 1. The molecule has 1 saturated heterocycles. The van der Waals surface area contributed by atoms with Crippen molar-refractivity contribution in [2.45, 2.75) is 44.6 Å². The molecule has 1 atom stereocenters. The molecule has 0 aromatic rings. The zero-order valence-corrected chi connectivity index (χ0v) is 7.64. The van der Waals surface area contributed by atoms with Gasteiger partial charge in [0, 0.05) is 6.61 Å². The van der Waals surface area contributed by atoms with Gasteiger partial charge >= 0.3 is 0 Å². The standard InChI is InChI=1S/C9H17NO2/c1-9(8(10)11)6-4-2-3-5-7-12-9/h2-7H2,1H3,(H2,10,11). The van der Waals surface area contributed by atoms with Gasteiger partial charge < -0.3 is 10.5 Å². The fourth-order valence-electron chi connectivity index (χ4n) is 1.48. The molecule has 1 aliphatic rings. The van der Waals surface area contributed by atoms with Crippen LogP contribution in [0.3, 0.4) is 0 Å². The number of hydrogen-bond acceptors (Lipinski definition) is 2. The van der Waals surface area contributed by atoms with Gasteiger partial charge in [0.15, 0.2) is 0 Å². The Kier molecular flexibility index (Phi) is 3.09. The number of ether oxygens (including phenoxy) is 1. The molecule has 70 valence electrons. The molecular weight excluding hydrogens is 154 g/mol. The second-order valence-electron chi connectivity index (χ2n) is 3.61. The van der Waals surface area contributed by atoms with E-state index in [4.69, 9.17) is 10.5 Å². The largest absolute Gasteiger partial charge is 0.367 e. The van der Waals surface area contributed by atoms with Crippen LogP contribution in [0.25, 0.3) is 0 Å². The molecule has 3 nitrogen and oxygen atoms in total. The third-order valence-corrected chi connectivity index (χ3v) is 2.49. The zero-order chi connectivity index (χ0) is 9.03. The van der Waals surface area contributed by atoms with E-state index in [1.807, 2.05) is 0 Å². The van der Waals surface area contributed by atoms with Crippen LogP contribution >= 0.6 is 0 Å². The van der Waals surface area contributed by atoms with Gasteiger partial charge in [-0.1, -0.05) is 19.3 Å². The minimum absolute atomic E-state index is 0.329. The van der Waals surface area contributed by atoms with Crippen molar-refractivity contribution in [3.05, 3.63) is 0 Å². The quantitative estimate of drug-likeness (QED) is 0.644. The third kappa shape index (κ3) is 2.21. The average molecular weight is 171 g/mol. The molecule has 0 spiro atoms. The number of primary amides is 1. The van der Waals surface area contributed by atoms with Crippen LogP contribution in [0.4, 0.5) is 0 Å². The predicted octanol–water partition coefficient (Wildman–Crippen LogP) is 1.21. The third-order valence-electron chi connectivity index (χ3n) is 2.49. The molecule has 0 radical (unpaired) electrons. The minimum atomic E-state index is -0.708. The molecule has 1 aliphatic heterocycles. The summed E-state index contributed by atoms with van der Waals surface area (Å²) in [6.45, 7) is 2.46. The van der Waals surface area contributed by atoms with Crippen LogP contribution < -0.4 is 5.73 Å². The topological polar surface area (TPSA) is 52.3 Å². The summed E-state index contributed by atoms with van der Waals surface area (Å²) in [4.78, 5) is 11.0. The average Bonchev–Trinajstić information content (AvgIpc) is 1.97. The summed E-state index contributed by atoms with van der Waals surface area (Å²) in [6, 6.07) is 0. The molecule has 0 bridgehead atoms. The highest BCUT2D eigenvalue weighted by Crippen LogP contribution is 2.22. The Labute approximate surface area is 73.3 Å². The van der Waals surface area contributed by atoms with Crippen LogP contribution in [0.5, 0.6) is 0 Å². The molecule has 1 heterocycles. The molecule has 0 saturated carbocycles. The fourth-order valence-corrected chi connectivity index (χ4v) is 1.48. The van der Waals surface area contributed by atoms with E-state index in [1.165, 1.54) is 12.8 Å². The van der Waals surface area contributed by atoms with Gasteiger partial charge in [0.05, 0.1) is 0 Å². The second-order valence-corrected chi connectivity index (χ2v) is 3.61. The van der Waals surface area contributed by atoms with Gasteiger partial charge in [0.25, 0.3) is 0 Å². The van der Waals surface area contributed by atoms with Crippen molar-refractivity contribution < 1.29 is 9.53 Å². The molecule has 1 unspecified atom stereocenters. The second kappa shape index (κ2) is 3.90. The van der Waals surface area contributed by atoms with E-state index in [2.05, 4.69) is 0 Å². The van der Waals surface area contributed by atoms with Crippen molar-refractivity contribution in [2.24, 2.45) is 5.73 Å². The van der Waals surface area contributed by atoms with E-state index in [-0.39, 0.29) is 5.91 Å². The molecule has 0 aromatic carbocycles. The SMILES string of the molecule is CC1(C(N)=O)CCCCCCO1. The van der Waals surface area contributed by atoms with Crippen LogP contribution in [0.1, 0.15) is 39.0 Å². The highest BCUT2D eigenvalue weighted by Gasteiger charge is 2.31. The van der Waals surface area contributed by atoms with Gasteiger partial charge in [0.2, 0.25) is 5.91 Å². The maximum absolute atomic E-state index is 11.0. The van der Waals surface area contributed by atoms with Crippen LogP contribution in [-0.2, 0) is 9.53 Å². The van der Waals surface area contributed by atoms with Crippen LogP contribution in [-0.4, -0.2) is 18.1 Å². The van der Waals surface area contributed by atoms with Crippen molar-refractivity contribution >= 4 is 5.91 Å². The number of carbonyl (C=O) groups is 1. The molecule has 1 fully saturated rings. The van der Waals surface area contributed by atoms with E-state index < -0.39 is 5.60 Å². The Balaban J connectivity index is 2.54. The maximum atomic E-state index is 11.0. The van der Waals surface area contributed by atoms with Gasteiger partial charge in [-0.3, -0.25) is 4.79 Å². The van der Waals surface area contributed by atoms with Gasteiger partial charge in [-0.15, -0.1) is 0 Å². The summed E-state index contributed by atoms with van der Waals surface area (Å²) < 4.78 is 5.46. The van der Waals surface area contributed by atoms with E-state index in [1.54, 1.807) is 6.92 Å². The Morgan fingerprint density at radius 2 is 2.00 bits per heavy atom. The molecule has 0 aromatic heterocycles. The lowest BCUT2D eigenvalue weighted by Gasteiger charge is -2.28. The molecule has 2 N–H and O–H groups in total. The Morgan fingerprint density at radius 1 is 1.33 bits per heavy atom. The monoisotopic (exact) mass is 171 g/mol. The summed E-state index contributed by atoms with van der Waals surface area (Å²) in [7, 11) is 0. The first-order valence-corrected chi connectivity index (χ1v) is 4.59. The first-order chi connectivity index (χ1) is 5.65. The van der Waals surface area contributed by atoms with E-state index >= 15 is 0 Å². The highest BCUT2D eigenvalue weighted by atomic mass is 16.5. The molecule has 3 heteroatoms. The number of hydrogen-bond donors (Lipinski definition) is 1. The highest BCUT2D eigenvalue weighted by molar-refractivity contribution is 5.82. The van der Waals surface area contributed by atoms with Crippen molar-refractivity contribution in [1.29, 1.82) is 0 Å². The van der Waals surface area contributed by atoms with Gasteiger partial charge in [-0.2, -0.15) is 0 Å².